The van der Waals surface area contributed by atoms with E-state index >= 15 is 0 Å². The minimum absolute atomic E-state index is 0.111. The number of allylic oxidation sites excluding steroid dienone is 2. The zero-order valence-corrected chi connectivity index (χ0v) is 18.0. The van der Waals surface area contributed by atoms with Crippen LogP contribution in [0, 0.1) is 11.8 Å². The van der Waals surface area contributed by atoms with E-state index in [1.54, 1.807) is 0 Å². The summed E-state index contributed by atoms with van der Waals surface area (Å²) in [6.07, 6.45) is 4.26. The highest BCUT2D eigenvalue weighted by Gasteiger charge is 2.55. The summed E-state index contributed by atoms with van der Waals surface area (Å²) < 4.78 is 0. The number of imide groups is 1. The van der Waals surface area contributed by atoms with Gasteiger partial charge < -0.3 is 0 Å². The van der Waals surface area contributed by atoms with Gasteiger partial charge in [0.2, 0.25) is 11.8 Å². The van der Waals surface area contributed by atoms with Crippen LogP contribution in [0.3, 0.4) is 0 Å². The van der Waals surface area contributed by atoms with Gasteiger partial charge in [0, 0.05) is 17.2 Å². The van der Waals surface area contributed by atoms with Crippen LogP contribution in [-0.2, 0) is 9.59 Å². The zero-order valence-electron chi connectivity index (χ0n) is 18.0. The first kappa shape index (κ1) is 19.7. The standard InChI is InChI=1S/C30H23NO2/c32-29-27-24(21-10-3-1-4-11-21)18-19-25(22-12-5-2-6-13-22)28(27)30(33)31(29)26-17-9-15-20-14-7-8-16-23(20)26/h1-19,24-25,27-28H/t24-,25+,27+,28-. The molecule has 3 nitrogen and oxygen atoms in total. The molecular weight excluding hydrogens is 406 g/mol. The lowest BCUT2D eigenvalue weighted by Crippen LogP contribution is -2.31. The van der Waals surface area contributed by atoms with Crippen LogP contribution in [0.15, 0.2) is 115 Å². The lowest BCUT2D eigenvalue weighted by molar-refractivity contribution is -0.122. The third-order valence-corrected chi connectivity index (χ3v) is 7.07. The minimum Gasteiger partial charge on any atom is -0.274 e. The van der Waals surface area contributed by atoms with Crippen molar-refractivity contribution in [2.45, 2.75) is 11.8 Å². The second kappa shape index (κ2) is 7.86. The maximum Gasteiger partial charge on any atom is 0.238 e. The number of carbonyl (C=O) groups is 2. The first-order chi connectivity index (χ1) is 16.2. The number of fused-ring (bicyclic) bond motifs is 2. The van der Waals surface area contributed by atoms with Crippen LogP contribution in [0.2, 0.25) is 0 Å². The predicted molar refractivity (Wildman–Crippen MR) is 131 cm³/mol. The molecule has 0 unspecified atom stereocenters. The van der Waals surface area contributed by atoms with E-state index < -0.39 is 11.8 Å². The smallest absolute Gasteiger partial charge is 0.238 e. The molecule has 4 atom stereocenters. The van der Waals surface area contributed by atoms with E-state index in [-0.39, 0.29) is 23.7 Å². The highest BCUT2D eigenvalue weighted by Crippen LogP contribution is 2.50. The molecule has 1 aliphatic carbocycles. The summed E-state index contributed by atoms with van der Waals surface area (Å²) in [6.45, 7) is 0. The number of nitrogens with zero attached hydrogens (tertiary/aromatic N) is 1. The van der Waals surface area contributed by atoms with Gasteiger partial charge in [-0.1, -0.05) is 109 Å². The summed E-state index contributed by atoms with van der Waals surface area (Å²) in [5, 5.41) is 1.93. The molecule has 0 N–H and O–H groups in total. The van der Waals surface area contributed by atoms with Crippen molar-refractivity contribution < 1.29 is 9.59 Å². The lowest BCUT2D eigenvalue weighted by atomic mass is 9.68. The lowest BCUT2D eigenvalue weighted by Gasteiger charge is -2.32. The molecule has 1 aliphatic heterocycles. The minimum atomic E-state index is -0.436. The van der Waals surface area contributed by atoms with E-state index in [1.807, 2.05) is 103 Å². The molecule has 0 aromatic heterocycles. The number of carbonyl (C=O) groups excluding carboxylic acids is 2. The van der Waals surface area contributed by atoms with Crippen molar-refractivity contribution in [1.29, 1.82) is 0 Å². The summed E-state index contributed by atoms with van der Waals surface area (Å²) in [5.74, 6) is -1.36. The Balaban J connectivity index is 1.52. The van der Waals surface area contributed by atoms with Gasteiger partial charge in [-0.05, 0) is 22.6 Å². The van der Waals surface area contributed by atoms with Gasteiger partial charge in [0.15, 0.2) is 0 Å². The number of hydrogen-bond donors (Lipinski definition) is 0. The van der Waals surface area contributed by atoms with Crippen LogP contribution >= 0.6 is 0 Å². The van der Waals surface area contributed by atoms with Gasteiger partial charge in [0.25, 0.3) is 0 Å². The number of amides is 2. The Bertz CT molecular complexity index is 1300. The van der Waals surface area contributed by atoms with E-state index in [1.165, 1.54) is 4.90 Å². The maximum absolute atomic E-state index is 14.0. The fraction of sp³-hybridized carbons (Fsp3) is 0.133. The highest BCUT2D eigenvalue weighted by atomic mass is 16.2. The Labute approximate surface area is 193 Å². The van der Waals surface area contributed by atoms with Crippen LogP contribution in [-0.4, -0.2) is 11.8 Å². The Kier molecular flexibility index (Phi) is 4.69. The van der Waals surface area contributed by atoms with Gasteiger partial charge in [-0.25, -0.2) is 4.90 Å². The van der Waals surface area contributed by atoms with Gasteiger partial charge in [0.05, 0.1) is 17.5 Å². The molecule has 4 aromatic rings. The Morgan fingerprint density at radius 2 is 1.00 bits per heavy atom. The molecule has 1 heterocycles. The Hall–Kier alpha value is -3.98. The van der Waals surface area contributed by atoms with Gasteiger partial charge in [0.1, 0.15) is 0 Å². The number of rotatable bonds is 3. The van der Waals surface area contributed by atoms with Crippen molar-refractivity contribution in [2.24, 2.45) is 11.8 Å². The van der Waals surface area contributed by atoms with Gasteiger partial charge in [-0.15, -0.1) is 0 Å². The second-order valence-electron chi connectivity index (χ2n) is 8.82. The molecule has 0 bridgehead atoms. The van der Waals surface area contributed by atoms with Crippen LogP contribution in [0.5, 0.6) is 0 Å². The molecule has 33 heavy (non-hydrogen) atoms. The molecular formula is C30H23NO2. The fourth-order valence-corrected chi connectivity index (χ4v) is 5.57. The summed E-state index contributed by atoms with van der Waals surface area (Å²) >= 11 is 0. The maximum atomic E-state index is 14.0. The molecule has 1 saturated heterocycles. The Morgan fingerprint density at radius 1 is 0.515 bits per heavy atom. The van der Waals surface area contributed by atoms with E-state index in [4.69, 9.17) is 0 Å². The number of anilines is 1. The molecule has 0 saturated carbocycles. The number of benzene rings is 4. The monoisotopic (exact) mass is 429 g/mol. The van der Waals surface area contributed by atoms with Gasteiger partial charge in [-0.2, -0.15) is 0 Å². The molecule has 1 fully saturated rings. The van der Waals surface area contributed by atoms with Gasteiger partial charge in [-0.3, -0.25) is 9.59 Å². The van der Waals surface area contributed by atoms with Crippen molar-refractivity contribution in [2.75, 3.05) is 4.90 Å². The summed E-state index contributed by atoms with van der Waals surface area (Å²) in [6, 6.07) is 33.8. The van der Waals surface area contributed by atoms with Crippen LogP contribution in [0.4, 0.5) is 5.69 Å². The average molecular weight is 430 g/mol. The second-order valence-corrected chi connectivity index (χ2v) is 8.82. The number of hydrogen-bond acceptors (Lipinski definition) is 2. The van der Waals surface area contributed by atoms with Crippen molar-refractivity contribution in [1.82, 2.24) is 0 Å². The predicted octanol–water partition coefficient (Wildman–Crippen LogP) is 6.08. The third-order valence-electron chi connectivity index (χ3n) is 7.07. The Morgan fingerprint density at radius 3 is 1.58 bits per heavy atom. The average Bonchev–Trinajstić information content (AvgIpc) is 3.14. The van der Waals surface area contributed by atoms with E-state index in [2.05, 4.69) is 12.2 Å². The van der Waals surface area contributed by atoms with Gasteiger partial charge >= 0.3 is 0 Å². The van der Waals surface area contributed by atoms with E-state index in [0.29, 0.717) is 5.69 Å². The van der Waals surface area contributed by atoms with Crippen LogP contribution in [0.1, 0.15) is 23.0 Å². The zero-order chi connectivity index (χ0) is 22.4. The fourth-order valence-electron chi connectivity index (χ4n) is 5.57. The largest absolute Gasteiger partial charge is 0.274 e. The molecule has 4 aromatic carbocycles. The van der Waals surface area contributed by atoms with Crippen molar-refractivity contribution in [3.8, 4) is 0 Å². The van der Waals surface area contributed by atoms with Crippen molar-refractivity contribution in [3.05, 3.63) is 126 Å². The van der Waals surface area contributed by atoms with Crippen LogP contribution < -0.4 is 4.90 Å². The molecule has 2 aliphatic rings. The first-order valence-corrected chi connectivity index (χ1v) is 11.4. The first-order valence-electron chi connectivity index (χ1n) is 11.4. The molecule has 160 valence electrons. The highest BCUT2D eigenvalue weighted by molar-refractivity contribution is 6.25. The molecule has 0 spiro atoms. The van der Waals surface area contributed by atoms with E-state index in [0.717, 1.165) is 21.9 Å². The van der Waals surface area contributed by atoms with Crippen molar-refractivity contribution in [3.63, 3.8) is 0 Å². The normalized spacial score (nSPS) is 24.3. The quantitative estimate of drug-likeness (QED) is 0.292. The summed E-state index contributed by atoms with van der Waals surface area (Å²) in [7, 11) is 0. The molecule has 6 rings (SSSR count). The van der Waals surface area contributed by atoms with Crippen molar-refractivity contribution >= 4 is 28.3 Å². The molecule has 0 radical (unpaired) electrons. The van der Waals surface area contributed by atoms with E-state index in [9.17, 15) is 9.59 Å². The molecule has 2 amide bonds. The third kappa shape index (κ3) is 3.12. The molecule has 3 heteroatoms. The summed E-state index contributed by atoms with van der Waals surface area (Å²) in [4.78, 5) is 29.5. The SMILES string of the molecule is O=C1[C@@H]2[C@H](C(=O)N1c1cccc3ccccc13)[C@H](c1ccccc1)C=C[C@@H]2c1ccccc1. The van der Waals surface area contributed by atoms with Crippen LogP contribution in [0.25, 0.3) is 10.8 Å². The summed E-state index contributed by atoms with van der Waals surface area (Å²) in [5.41, 5.74) is 2.81. The topological polar surface area (TPSA) is 37.4 Å².